The SMILES string of the molecule is CC(c1ccc(Cl)cc1)N(C)C(=O)NCCC(O)C(=O)O. The van der Waals surface area contributed by atoms with Crippen LogP contribution >= 0.6 is 11.6 Å². The number of carbonyl (C=O) groups is 2. The van der Waals surface area contributed by atoms with Crippen LogP contribution in [0.15, 0.2) is 24.3 Å². The normalized spacial score (nSPS) is 13.3. The number of carboxylic acids is 1. The molecule has 1 rings (SSSR count). The standard InChI is InChI=1S/C14H19ClN2O4/c1-9(10-3-5-11(15)6-4-10)17(2)14(21)16-8-7-12(18)13(19)20/h3-6,9,12,18H,7-8H2,1-2H3,(H,16,21)(H,19,20). The number of carboxylic acid groups (broad SMARTS) is 1. The minimum absolute atomic E-state index is 0.0375. The Balaban J connectivity index is 2.50. The van der Waals surface area contributed by atoms with Crippen LogP contribution in [0.3, 0.4) is 0 Å². The molecule has 3 N–H and O–H groups in total. The van der Waals surface area contributed by atoms with Gasteiger partial charge >= 0.3 is 12.0 Å². The van der Waals surface area contributed by atoms with Crippen LogP contribution in [0.5, 0.6) is 0 Å². The van der Waals surface area contributed by atoms with E-state index in [4.69, 9.17) is 21.8 Å². The maximum Gasteiger partial charge on any atom is 0.332 e. The topological polar surface area (TPSA) is 89.9 Å². The van der Waals surface area contributed by atoms with E-state index in [1.54, 1.807) is 19.2 Å². The van der Waals surface area contributed by atoms with E-state index in [1.165, 1.54) is 4.90 Å². The number of carbonyl (C=O) groups excluding carboxylic acids is 1. The van der Waals surface area contributed by atoms with Crippen LogP contribution in [-0.4, -0.2) is 46.8 Å². The lowest BCUT2D eigenvalue weighted by Gasteiger charge is -2.25. The van der Waals surface area contributed by atoms with Gasteiger partial charge in [0, 0.05) is 25.0 Å². The van der Waals surface area contributed by atoms with Gasteiger partial charge in [-0.15, -0.1) is 0 Å². The summed E-state index contributed by atoms with van der Waals surface area (Å²) in [7, 11) is 1.64. The summed E-state index contributed by atoms with van der Waals surface area (Å²) in [6.45, 7) is 1.96. The first-order valence-electron chi connectivity index (χ1n) is 6.50. The predicted molar refractivity (Wildman–Crippen MR) is 79.3 cm³/mol. The van der Waals surface area contributed by atoms with E-state index in [-0.39, 0.29) is 25.0 Å². The Bertz CT molecular complexity index is 492. The molecule has 0 aliphatic carbocycles. The molecule has 116 valence electrons. The molecule has 0 heterocycles. The van der Waals surface area contributed by atoms with Crippen LogP contribution in [0.4, 0.5) is 4.79 Å². The highest BCUT2D eigenvalue weighted by molar-refractivity contribution is 6.30. The van der Waals surface area contributed by atoms with Gasteiger partial charge in [0.2, 0.25) is 0 Å². The summed E-state index contributed by atoms with van der Waals surface area (Å²) in [5, 5.41) is 20.8. The molecule has 21 heavy (non-hydrogen) atoms. The van der Waals surface area contributed by atoms with Crippen molar-refractivity contribution >= 4 is 23.6 Å². The number of amides is 2. The van der Waals surface area contributed by atoms with Crippen LogP contribution in [-0.2, 0) is 4.79 Å². The third-order valence-corrected chi connectivity index (χ3v) is 3.48. The first-order chi connectivity index (χ1) is 9.82. The van der Waals surface area contributed by atoms with Gasteiger partial charge in [-0.3, -0.25) is 0 Å². The van der Waals surface area contributed by atoms with E-state index in [1.807, 2.05) is 19.1 Å². The number of halogens is 1. The number of benzene rings is 1. The van der Waals surface area contributed by atoms with Gasteiger partial charge in [-0.25, -0.2) is 9.59 Å². The second-order valence-electron chi connectivity index (χ2n) is 4.71. The predicted octanol–water partition coefficient (Wildman–Crippen LogP) is 1.88. The van der Waals surface area contributed by atoms with Crippen molar-refractivity contribution in [2.24, 2.45) is 0 Å². The number of aliphatic hydroxyl groups is 1. The lowest BCUT2D eigenvalue weighted by atomic mass is 10.1. The minimum Gasteiger partial charge on any atom is -0.479 e. The molecule has 1 aromatic carbocycles. The average molecular weight is 315 g/mol. The molecule has 0 fully saturated rings. The maximum atomic E-state index is 11.9. The zero-order chi connectivity index (χ0) is 16.0. The lowest BCUT2D eigenvalue weighted by Crippen LogP contribution is -2.40. The fourth-order valence-corrected chi connectivity index (χ4v) is 1.83. The summed E-state index contributed by atoms with van der Waals surface area (Å²) in [6, 6.07) is 6.68. The Morgan fingerprint density at radius 2 is 1.90 bits per heavy atom. The van der Waals surface area contributed by atoms with Crippen molar-refractivity contribution < 1.29 is 19.8 Å². The summed E-state index contributed by atoms with van der Waals surface area (Å²) in [5.74, 6) is -1.30. The summed E-state index contributed by atoms with van der Waals surface area (Å²) >= 11 is 5.82. The highest BCUT2D eigenvalue weighted by atomic mass is 35.5. The van der Waals surface area contributed by atoms with Crippen LogP contribution in [0.25, 0.3) is 0 Å². The van der Waals surface area contributed by atoms with Gasteiger partial charge in [-0.2, -0.15) is 0 Å². The molecule has 2 atom stereocenters. The van der Waals surface area contributed by atoms with Gasteiger partial charge in [0.15, 0.2) is 6.10 Å². The molecule has 2 amide bonds. The van der Waals surface area contributed by atoms with E-state index in [0.29, 0.717) is 5.02 Å². The molecule has 1 aromatic rings. The van der Waals surface area contributed by atoms with Crippen molar-refractivity contribution in [1.82, 2.24) is 10.2 Å². The fraction of sp³-hybridized carbons (Fsp3) is 0.429. The summed E-state index contributed by atoms with van der Waals surface area (Å²) in [6.07, 6.45) is -1.51. The van der Waals surface area contributed by atoms with Gasteiger partial charge < -0.3 is 20.4 Å². The number of aliphatic hydroxyl groups excluding tert-OH is 1. The number of nitrogens with zero attached hydrogens (tertiary/aromatic N) is 1. The Kier molecular flexibility index (Phi) is 6.45. The smallest absolute Gasteiger partial charge is 0.332 e. The fourth-order valence-electron chi connectivity index (χ4n) is 1.70. The first kappa shape index (κ1) is 17.3. The Morgan fingerprint density at radius 1 is 1.33 bits per heavy atom. The third-order valence-electron chi connectivity index (χ3n) is 3.23. The van der Waals surface area contributed by atoms with Crippen LogP contribution in [0, 0.1) is 0 Å². The van der Waals surface area contributed by atoms with Crippen molar-refractivity contribution in [3.63, 3.8) is 0 Å². The second kappa shape index (κ2) is 7.85. The summed E-state index contributed by atoms with van der Waals surface area (Å²) in [5.41, 5.74) is 0.933. The highest BCUT2D eigenvalue weighted by Crippen LogP contribution is 2.20. The van der Waals surface area contributed by atoms with E-state index < -0.39 is 12.1 Å². The van der Waals surface area contributed by atoms with E-state index in [2.05, 4.69) is 5.32 Å². The van der Waals surface area contributed by atoms with Crippen molar-refractivity contribution in [3.05, 3.63) is 34.9 Å². The number of rotatable bonds is 6. The van der Waals surface area contributed by atoms with E-state index in [9.17, 15) is 9.59 Å². The largest absolute Gasteiger partial charge is 0.479 e. The van der Waals surface area contributed by atoms with Crippen LogP contribution in [0.2, 0.25) is 5.02 Å². The molecule has 0 radical (unpaired) electrons. The Morgan fingerprint density at radius 3 is 2.43 bits per heavy atom. The van der Waals surface area contributed by atoms with Gasteiger partial charge in [-0.05, 0) is 24.6 Å². The minimum atomic E-state index is -1.47. The van der Waals surface area contributed by atoms with E-state index in [0.717, 1.165) is 5.56 Å². The molecule has 0 bridgehead atoms. The zero-order valence-corrected chi connectivity index (χ0v) is 12.7. The Hall–Kier alpha value is -1.79. The van der Waals surface area contributed by atoms with Crippen molar-refractivity contribution in [2.75, 3.05) is 13.6 Å². The van der Waals surface area contributed by atoms with Gasteiger partial charge in [0.05, 0.1) is 6.04 Å². The number of hydrogen-bond donors (Lipinski definition) is 3. The second-order valence-corrected chi connectivity index (χ2v) is 5.15. The summed E-state index contributed by atoms with van der Waals surface area (Å²) in [4.78, 5) is 23.9. The summed E-state index contributed by atoms with van der Waals surface area (Å²) < 4.78 is 0. The first-order valence-corrected chi connectivity index (χ1v) is 6.87. The molecule has 0 aromatic heterocycles. The van der Waals surface area contributed by atoms with Gasteiger partial charge in [0.1, 0.15) is 0 Å². The van der Waals surface area contributed by atoms with Crippen molar-refractivity contribution in [3.8, 4) is 0 Å². The molecular weight excluding hydrogens is 296 g/mol. The highest BCUT2D eigenvalue weighted by Gasteiger charge is 2.18. The molecule has 0 aliphatic rings. The molecule has 0 spiro atoms. The molecule has 6 nitrogen and oxygen atoms in total. The van der Waals surface area contributed by atoms with Crippen LogP contribution in [0.1, 0.15) is 24.9 Å². The lowest BCUT2D eigenvalue weighted by molar-refractivity contribution is -0.146. The molecule has 7 heteroatoms. The van der Waals surface area contributed by atoms with Crippen molar-refractivity contribution in [1.29, 1.82) is 0 Å². The third kappa shape index (κ3) is 5.24. The maximum absolute atomic E-state index is 11.9. The van der Waals surface area contributed by atoms with Gasteiger partial charge in [0.25, 0.3) is 0 Å². The molecular formula is C14H19ClN2O4. The monoisotopic (exact) mass is 314 g/mol. The van der Waals surface area contributed by atoms with Crippen LogP contribution < -0.4 is 5.32 Å². The molecule has 0 saturated heterocycles. The Labute approximate surface area is 128 Å². The quantitative estimate of drug-likeness (QED) is 0.748. The van der Waals surface area contributed by atoms with E-state index >= 15 is 0 Å². The molecule has 2 unspecified atom stereocenters. The zero-order valence-electron chi connectivity index (χ0n) is 11.9. The van der Waals surface area contributed by atoms with Gasteiger partial charge in [-0.1, -0.05) is 23.7 Å². The molecule has 0 saturated carbocycles. The average Bonchev–Trinajstić information content (AvgIpc) is 2.46. The number of aliphatic carboxylic acids is 1. The number of nitrogens with one attached hydrogen (secondary N) is 1. The molecule has 0 aliphatic heterocycles. The number of hydrogen-bond acceptors (Lipinski definition) is 3. The van der Waals surface area contributed by atoms with Crippen molar-refractivity contribution in [2.45, 2.75) is 25.5 Å². The number of urea groups is 1.